The summed E-state index contributed by atoms with van der Waals surface area (Å²) in [5.74, 6) is 0.409. The summed E-state index contributed by atoms with van der Waals surface area (Å²) in [5, 5.41) is 4.65. The highest BCUT2D eigenvalue weighted by molar-refractivity contribution is 9.10. The lowest BCUT2D eigenvalue weighted by Gasteiger charge is -2.35. The van der Waals surface area contributed by atoms with Crippen molar-refractivity contribution in [1.82, 2.24) is 4.98 Å². The number of carbonyl (C=O) groups is 2. The molecule has 6 rings (SSSR count). The number of halogens is 1. The van der Waals surface area contributed by atoms with E-state index in [1.807, 2.05) is 30.3 Å². The molecular formula is C30H23BrN2O4. The SMILES string of the molecule is COc1cc([C@@H]2Nc3ccc4ncccc4c3C3=C2C(=O)CCC3)ccc1OC(=O)c1ccc(Br)cc1. The van der Waals surface area contributed by atoms with E-state index in [-0.39, 0.29) is 11.8 Å². The lowest BCUT2D eigenvalue weighted by molar-refractivity contribution is -0.116. The number of rotatable bonds is 4. The summed E-state index contributed by atoms with van der Waals surface area (Å²) in [4.78, 5) is 30.5. The second kappa shape index (κ2) is 9.48. The number of methoxy groups -OCH3 is 1. The van der Waals surface area contributed by atoms with Crippen LogP contribution in [-0.4, -0.2) is 23.8 Å². The Kier molecular flexibility index (Phi) is 6.00. The summed E-state index contributed by atoms with van der Waals surface area (Å²) < 4.78 is 12.1. The molecule has 0 amide bonds. The molecule has 1 N–H and O–H groups in total. The van der Waals surface area contributed by atoms with Gasteiger partial charge in [-0.2, -0.15) is 0 Å². The van der Waals surface area contributed by atoms with Crippen LogP contribution in [0.15, 0.2) is 83.0 Å². The van der Waals surface area contributed by atoms with Gasteiger partial charge in [0.1, 0.15) is 0 Å². The Labute approximate surface area is 222 Å². The smallest absolute Gasteiger partial charge is 0.343 e. The monoisotopic (exact) mass is 554 g/mol. The number of ketones is 1. The molecule has 2 heterocycles. The average molecular weight is 555 g/mol. The molecule has 1 aliphatic heterocycles. The number of Topliss-reactive ketones (excluding diaryl/α,β-unsaturated/α-hetero) is 1. The Balaban J connectivity index is 1.40. The zero-order chi connectivity index (χ0) is 25.5. The summed E-state index contributed by atoms with van der Waals surface area (Å²) in [6.45, 7) is 0. The Morgan fingerprint density at radius 2 is 1.86 bits per heavy atom. The van der Waals surface area contributed by atoms with Gasteiger partial charge in [-0.3, -0.25) is 9.78 Å². The van der Waals surface area contributed by atoms with Crippen molar-refractivity contribution in [3.05, 3.63) is 99.7 Å². The second-order valence-electron chi connectivity index (χ2n) is 9.11. The van der Waals surface area contributed by atoms with Gasteiger partial charge in [0.15, 0.2) is 17.3 Å². The van der Waals surface area contributed by atoms with E-state index in [4.69, 9.17) is 9.47 Å². The van der Waals surface area contributed by atoms with Crippen LogP contribution in [0.2, 0.25) is 0 Å². The van der Waals surface area contributed by atoms with Gasteiger partial charge in [-0.25, -0.2) is 4.79 Å². The normalized spacial score (nSPS) is 16.6. The summed E-state index contributed by atoms with van der Waals surface area (Å²) in [7, 11) is 1.54. The molecule has 0 spiro atoms. The largest absolute Gasteiger partial charge is 0.493 e. The van der Waals surface area contributed by atoms with Crippen LogP contribution in [-0.2, 0) is 4.79 Å². The quantitative estimate of drug-likeness (QED) is 0.218. The fraction of sp³-hybridized carbons (Fsp3) is 0.167. The molecule has 184 valence electrons. The van der Waals surface area contributed by atoms with E-state index in [1.165, 1.54) is 7.11 Å². The minimum absolute atomic E-state index is 0.148. The molecular weight excluding hydrogens is 532 g/mol. The maximum atomic E-state index is 13.3. The Morgan fingerprint density at radius 3 is 2.68 bits per heavy atom. The molecule has 1 atom stereocenters. The Hall–Kier alpha value is -3.97. The van der Waals surface area contributed by atoms with Gasteiger partial charge in [-0.15, -0.1) is 0 Å². The zero-order valence-electron chi connectivity index (χ0n) is 20.1. The van der Waals surface area contributed by atoms with Gasteiger partial charge in [-0.05, 0) is 78.6 Å². The van der Waals surface area contributed by atoms with Crippen molar-refractivity contribution in [2.24, 2.45) is 0 Å². The van der Waals surface area contributed by atoms with Crippen LogP contribution >= 0.6 is 15.9 Å². The van der Waals surface area contributed by atoms with Crippen LogP contribution in [0, 0.1) is 0 Å². The number of fused-ring (bicyclic) bond motifs is 4. The van der Waals surface area contributed by atoms with Gasteiger partial charge in [0.05, 0.1) is 24.2 Å². The predicted octanol–water partition coefficient (Wildman–Crippen LogP) is 6.90. The number of allylic oxidation sites excluding steroid dienone is 1. The second-order valence-corrected chi connectivity index (χ2v) is 10.0. The molecule has 2 aliphatic rings. The van der Waals surface area contributed by atoms with E-state index >= 15 is 0 Å². The van der Waals surface area contributed by atoms with Crippen molar-refractivity contribution in [3.63, 3.8) is 0 Å². The van der Waals surface area contributed by atoms with E-state index < -0.39 is 5.97 Å². The summed E-state index contributed by atoms with van der Waals surface area (Å²) in [6.07, 6.45) is 3.97. The molecule has 3 aromatic carbocycles. The summed E-state index contributed by atoms with van der Waals surface area (Å²) in [6, 6.07) is 20.1. The van der Waals surface area contributed by atoms with Crippen molar-refractivity contribution in [2.75, 3.05) is 12.4 Å². The van der Waals surface area contributed by atoms with Crippen LogP contribution in [0.4, 0.5) is 5.69 Å². The zero-order valence-corrected chi connectivity index (χ0v) is 21.7. The first-order valence-electron chi connectivity index (χ1n) is 12.1. The first-order chi connectivity index (χ1) is 18.0. The minimum atomic E-state index is -0.476. The van der Waals surface area contributed by atoms with Crippen LogP contribution in [0.3, 0.4) is 0 Å². The van der Waals surface area contributed by atoms with E-state index in [9.17, 15) is 9.59 Å². The van der Waals surface area contributed by atoms with Gasteiger partial charge < -0.3 is 14.8 Å². The number of carbonyl (C=O) groups excluding carboxylic acids is 2. The topological polar surface area (TPSA) is 77.5 Å². The molecule has 6 nitrogen and oxygen atoms in total. The molecule has 1 aliphatic carbocycles. The van der Waals surface area contributed by atoms with Gasteiger partial charge in [0, 0.05) is 39.3 Å². The third kappa shape index (κ3) is 4.19. The van der Waals surface area contributed by atoms with Crippen molar-refractivity contribution < 1.29 is 19.1 Å². The molecule has 0 fully saturated rings. The van der Waals surface area contributed by atoms with Crippen LogP contribution in [0.1, 0.15) is 46.8 Å². The molecule has 1 aromatic heterocycles. The maximum absolute atomic E-state index is 13.3. The minimum Gasteiger partial charge on any atom is -0.493 e. The van der Waals surface area contributed by atoms with Crippen LogP contribution < -0.4 is 14.8 Å². The number of hydrogen-bond acceptors (Lipinski definition) is 6. The first-order valence-corrected chi connectivity index (χ1v) is 12.9. The van der Waals surface area contributed by atoms with Crippen molar-refractivity contribution in [2.45, 2.75) is 25.3 Å². The highest BCUT2D eigenvalue weighted by atomic mass is 79.9. The number of nitrogens with zero attached hydrogens (tertiary/aromatic N) is 1. The average Bonchev–Trinajstić information content (AvgIpc) is 2.93. The molecule has 0 saturated heterocycles. The van der Waals surface area contributed by atoms with Crippen molar-refractivity contribution in [1.29, 1.82) is 0 Å². The van der Waals surface area contributed by atoms with Gasteiger partial charge in [0.25, 0.3) is 0 Å². The molecule has 0 radical (unpaired) electrons. The van der Waals surface area contributed by atoms with Gasteiger partial charge >= 0.3 is 5.97 Å². The fourth-order valence-corrected chi connectivity index (χ4v) is 5.49. The van der Waals surface area contributed by atoms with Gasteiger partial charge in [-0.1, -0.05) is 28.1 Å². The van der Waals surface area contributed by atoms with Gasteiger partial charge in [0.2, 0.25) is 0 Å². The number of anilines is 1. The molecule has 37 heavy (non-hydrogen) atoms. The van der Waals surface area contributed by atoms with Crippen LogP contribution in [0.5, 0.6) is 11.5 Å². The highest BCUT2D eigenvalue weighted by Crippen LogP contribution is 2.48. The van der Waals surface area contributed by atoms with E-state index in [0.717, 1.165) is 56.2 Å². The first kappa shape index (κ1) is 23.4. The maximum Gasteiger partial charge on any atom is 0.343 e. The Morgan fingerprint density at radius 1 is 1.03 bits per heavy atom. The van der Waals surface area contributed by atoms with E-state index in [1.54, 1.807) is 36.5 Å². The number of nitrogens with one attached hydrogen (secondary N) is 1. The molecule has 0 unspecified atom stereocenters. The highest BCUT2D eigenvalue weighted by Gasteiger charge is 2.35. The van der Waals surface area contributed by atoms with E-state index in [0.29, 0.717) is 23.5 Å². The molecule has 0 bridgehead atoms. The van der Waals surface area contributed by atoms with E-state index in [2.05, 4.69) is 32.3 Å². The van der Waals surface area contributed by atoms with Crippen LogP contribution in [0.25, 0.3) is 16.5 Å². The third-order valence-corrected chi connectivity index (χ3v) is 7.46. The fourth-order valence-electron chi connectivity index (χ4n) is 5.23. The molecule has 7 heteroatoms. The third-order valence-electron chi connectivity index (χ3n) is 6.94. The summed E-state index contributed by atoms with van der Waals surface area (Å²) in [5.41, 5.74) is 6.12. The standard InChI is InChI=1S/C30H23BrN2O4/c1-36-26-16-18(9-14-25(26)37-30(35)17-7-10-19(31)11-8-17)29-28-21(4-2-6-24(28)34)27-20-5-3-15-32-22(20)12-13-23(27)33-29/h3,5,7-16,29,33H,2,4,6H2,1H3/t29-/m0/s1. The van der Waals surface area contributed by atoms with Crippen molar-refractivity contribution >= 4 is 49.8 Å². The number of benzene rings is 3. The number of ether oxygens (including phenoxy) is 2. The molecule has 4 aromatic rings. The lowest BCUT2D eigenvalue weighted by Crippen LogP contribution is -2.27. The summed E-state index contributed by atoms with van der Waals surface area (Å²) >= 11 is 3.37. The molecule has 0 saturated carbocycles. The Bertz CT molecular complexity index is 1590. The van der Waals surface area contributed by atoms with Crippen molar-refractivity contribution in [3.8, 4) is 11.5 Å². The number of aromatic nitrogens is 1. The number of esters is 1. The number of hydrogen-bond donors (Lipinski definition) is 1. The number of pyridine rings is 1. The lowest BCUT2D eigenvalue weighted by atomic mass is 9.77. The predicted molar refractivity (Wildman–Crippen MR) is 146 cm³/mol.